The van der Waals surface area contributed by atoms with E-state index in [-0.39, 0.29) is 18.6 Å². The van der Waals surface area contributed by atoms with Gasteiger partial charge in [-0.3, -0.25) is 4.79 Å². The van der Waals surface area contributed by atoms with Crippen LogP contribution in [-0.2, 0) is 4.79 Å². The Bertz CT molecular complexity index is 750. The molecular formula is C21H27NO2. The molecule has 0 radical (unpaired) electrons. The zero-order valence-electron chi connectivity index (χ0n) is 15.5. The van der Waals surface area contributed by atoms with Gasteiger partial charge >= 0.3 is 0 Å². The average Bonchev–Trinajstić information content (AvgIpc) is 2.52. The average molecular weight is 325 g/mol. The topological polar surface area (TPSA) is 38.3 Å². The van der Waals surface area contributed by atoms with Crippen LogP contribution < -0.4 is 10.1 Å². The normalized spacial score (nSPS) is 11.9. The third-order valence-corrected chi connectivity index (χ3v) is 4.53. The molecule has 0 heterocycles. The molecule has 0 saturated carbocycles. The van der Waals surface area contributed by atoms with Crippen molar-refractivity contribution in [1.29, 1.82) is 0 Å². The highest BCUT2D eigenvalue weighted by Crippen LogP contribution is 2.23. The standard InChI is InChI=1S/C21H27NO2/c1-13-9-16(4)17(5)20(10-13)24-12-21(23)22-18(6)19-8-7-14(2)15(3)11-19/h7-11,18H,12H2,1-6H3,(H,22,23)/t18-/m0/s1. The van der Waals surface area contributed by atoms with Crippen molar-refractivity contribution >= 4 is 5.91 Å². The molecule has 24 heavy (non-hydrogen) atoms. The molecule has 3 heteroatoms. The Morgan fingerprint density at radius 1 is 1.00 bits per heavy atom. The molecule has 2 aromatic carbocycles. The van der Waals surface area contributed by atoms with Crippen molar-refractivity contribution in [2.45, 2.75) is 47.6 Å². The van der Waals surface area contributed by atoms with E-state index >= 15 is 0 Å². The molecule has 0 spiro atoms. The monoisotopic (exact) mass is 325 g/mol. The van der Waals surface area contributed by atoms with E-state index < -0.39 is 0 Å². The van der Waals surface area contributed by atoms with E-state index in [0.717, 1.165) is 22.4 Å². The lowest BCUT2D eigenvalue weighted by Crippen LogP contribution is -2.31. The first kappa shape index (κ1) is 18.1. The molecule has 2 aromatic rings. The molecule has 1 atom stereocenters. The maximum atomic E-state index is 12.2. The molecule has 2 rings (SSSR count). The minimum atomic E-state index is -0.112. The van der Waals surface area contributed by atoms with Crippen LogP contribution in [0.2, 0.25) is 0 Å². The van der Waals surface area contributed by atoms with E-state index in [1.165, 1.54) is 16.7 Å². The number of amides is 1. The van der Waals surface area contributed by atoms with Gasteiger partial charge in [-0.05, 0) is 81.0 Å². The summed E-state index contributed by atoms with van der Waals surface area (Å²) in [5.74, 6) is 0.667. The number of ether oxygens (including phenoxy) is 1. The Morgan fingerprint density at radius 3 is 2.38 bits per heavy atom. The van der Waals surface area contributed by atoms with E-state index in [9.17, 15) is 4.79 Å². The number of carbonyl (C=O) groups is 1. The minimum Gasteiger partial charge on any atom is -0.483 e. The number of benzene rings is 2. The zero-order valence-corrected chi connectivity index (χ0v) is 15.5. The molecule has 1 N–H and O–H groups in total. The van der Waals surface area contributed by atoms with Crippen LogP contribution in [0.1, 0.15) is 46.3 Å². The first-order valence-corrected chi connectivity index (χ1v) is 8.35. The van der Waals surface area contributed by atoms with Gasteiger partial charge in [0.2, 0.25) is 0 Å². The first-order valence-electron chi connectivity index (χ1n) is 8.35. The first-order chi connectivity index (χ1) is 11.3. The molecule has 0 bridgehead atoms. The second kappa shape index (κ2) is 7.52. The van der Waals surface area contributed by atoms with Gasteiger partial charge in [-0.25, -0.2) is 0 Å². The Morgan fingerprint density at radius 2 is 1.71 bits per heavy atom. The number of rotatable bonds is 5. The molecule has 0 aliphatic carbocycles. The summed E-state index contributed by atoms with van der Waals surface area (Å²) in [4.78, 5) is 12.2. The quantitative estimate of drug-likeness (QED) is 0.880. The largest absolute Gasteiger partial charge is 0.483 e. The van der Waals surface area contributed by atoms with Crippen LogP contribution in [-0.4, -0.2) is 12.5 Å². The Labute approximate surface area is 145 Å². The highest BCUT2D eigenvalue weighted by atomic mass is 16.5. The molecule has 1 amide bonds. The summed E-state index contributed by atoms with van der Waals surface area (Å²) < 4.78 is 5.73. The lowest BCUT2D eigenvalue weighted by molar-refractivity contribution is -0.123. The predicted molar refractivity (Wildman–Crippen MR) is 98.6 cm³/mol. The summed E-state index contributed by atoms with van der Waals surface area (Å²) in [5, 5.41) is 3.00. The number of hydrogen-bond acceptors (Lipinski definition) is 2. The second-order valence-electron chi connectivity index (χ2n) is 6.63. The SMILES string of the molecule is Cc1cc(C)c(C)c(OCC(=O)N[C@@H](C)c2ccc(C)c(C)c2)c1. The molecule has 0 aliphatic rings. The zero-order chi connectivity index (χ0) is 17.9. The summed E-state index contributed by atoms with van der Waals surface area (Å²) >= 11 is 0. The van der Waals surface area contributed by atoms with Gasteiger partial charge in [-0.2, -0.15) is 0 Å². The number of nitrogens with one attached hydrogen (secondary N) is 1. The van der Waals surface area contributed by atoms with E-state index in [2.05, 4.69) is 50.4 Å². The predicted octanol–water partition coefficient (Wildman–Crippen LogP) is 4.48. The number of aryl methyl sites for hydroxylation is 4. The van der Waals surface area contributed by atoms with Crippen molar-refractivity contribution in [2.75, 3.05) is 6.61 Å². The molecule has 0 aromatic heterocycles. The van der Waals surface area contributed by atoms with Crippen molar-refractivity contribution in [1.82, 2.24) is 5.32 Å². The van der Waals surface area contributed by atoms with Crippen molar-refractivity contribution in [3.05, 3.63) is 63.7 Å². The Kier molecular flexibility index (Phi) is 5.66. The van der Waals surface area contributed by atoms with Crippen molar-refractivity contribution in [3.8, 4) is 5.75 Å². The molecule has 0 fully saturated rings. The van der Waals surface area contributed by atoms with Gasteiger partial charge in [-0.1, -0.05) is 24.3 Å². The van der Waals surface area contributed by atoms with Gasteiger partial charge in [0.15, 0.2) is 6.61 Å². The summed E-state index contributed by atoms with van der Waals surface area (Å²) in [6.45, 7) is 12.3. The van der Waals surface area contributed by atoms with Crippen molar-refractivity contribution < 1.29 is 9.53 Å². The van der Waals surface area contributed by atoms with Gasteiger partial charge in [0.05, 0.1) is 6.04 Å². The smallest absolute Gasteiger partial charge is 0.258 e. The summed E-state index contributed by atoms with van der Waals surface area (Å²) in [5.41, 5.74) is 6.98. The summed E-state index contributed by atoms with van der Waals surface area (Å²) in [6, 6.07) is 10.3. The van der Waals surface area contributed by atoms with Crippen molar-refractivity contribution in [2.24, 2.45) is 0 Å². The van der Waals surface area contributed by atoms with Crippen molar-refractivity contribution in [3.63, 3.8) is 0 Å². The highest BCUT2D eigenvalue weighted by molar-refractivity contribution is 5.78. The van der Waals surface area contributed by atoms with Crippen LogP contribution in [0.4, 0.5) is 0 Å². The van der Waals surface area contributed by atoms with Gasteiger partial charge in [0.25, 0.3) is 5.91 Å². The van der Waals surface area contributed by atoms with Gasteiger partial charge < -0.3 is 10.1 Å². The molecular weight excluding hydrogens is 298 g/mol. The highest BCUT2D eigenvalue weighted by Gasteiger charge is 2.12. The van der Waals surface area contributed by atoms with E-state index in [4.69, 9.17) is 4.74 Å². The third-order valence-electron chi connectivity index (χ3n) is 4.53. The maximum Gasteiger partial charge on any atom is 0.258 e. The van der Waals surface area contributed by atoms with Crippen LogP contribution in [0.5, 0.6) is 5.75 Å². The van der Waals surface area contributed by atoms with Crippen LogP contribution in [0, 0.1) is 34.6 Å². The second-order valence-corrected chi connectivity index (χ2v) is 6.63. The third kappa shape index (κ3) is 4.38. The Balaban J connectivity index is 1.97. The van der Waals surface area contributed by atoms with Gasteiger partial charge in [0.1, 0.15) is 5.75 Å². The van der Waals surface area contributed by atoms with E-state index in [1.54, 1.807) is 0 Å². The Hall–Kier alpha value is -2.29. The van der Waals surface area contributed by atoms with Crippen LogP contribution in [0.25, 0.3) is 0 Å². The summed E-state index contributed by atoms with van der Waals surface area (Å²) in [7, 11) is 0. The minimum absolute atomic E-state index is 0.0267. The number of carbonyl (C=O) groups excluding carboxylic acids is 1. The van der Waals surface area contributed by atoms with E-state index in [0.29, 0.717) is 0 Å². The maximum absolute atomic E-state index is 12.2. The molecule has 3 nitrogen and oxygen atoms in total. The molecule has 128 valence electrons. The molecule has 0 unspecified atom stereocenters. The lowest BCUT2D eigenvalue weighted by atomic mass is 10.0. The van der Waals surface area contributed by atoms with E-state index in [1.807, 2.05) is 26.8 Å². The molecule has 0 aliphatic heterocycles. The van der Waals surface area contributed by atoms with Crippen LogP contribution in [0.3, 0.4) is 0 Å². The van der Waals surface area contributed by atoms with Gasteiger partial charge in [-0.15, -0.1) is 0 Å². The lowest BCUT2D eigenvalue weighted by Gasteiger charge is -2.17. The summed E-state index contributed by atoms with van der Waals surface area (Å²) in [6.07, 6.45) is 0. The fraction of sp³-hybridized carbons (Fsp3) is 0.381. The van der Waals surface area contributed by atoms with Crippen LogP contribution in [0.15, 0.2) is 30.3 Å². The van der Waals surface area contributed by atoms with Crippen LogP contribution >= 0.6 is 0 Å². The van der Waals surface area contributed by atoms with Gasteiger partial charge in [0, 0.05) is 0 Å². The number of hydrogen-bond donors (Lipinski definition) is 1. The molecule has 0 saturated heterocycles. The fourth-order valence-corrected chi connectivity index (χ4v) is 2.69. The fourth-order valence-electron chi connectivity index (χ4n) is 2.69.